The number of fused-ring (bicyclic) bond motifs is 1. The number of hydrogen-bond acceptors (Lipinski definition) is 4. The molecule has 1 fully saturated rings. The number of guanidine groups is 1. The fourth-order valence-corrected chi connectivity index (χ4v) is 3.65. The van der Waals surface area contributed by atoms with Crippen LogP contribution in [0.5, 0.6) is 0 Å². The van der Waals surface area contributed by atoms with E-state index in [2.05, 4.69) is 44.3 Å². The Labute approximate surface area is 172 Å². The summed E-state index contributed by atoms with van der Waals surface area (Å²) in [4.78, 5) is 9.23. The van der Waals surface area contributed by atoms with Crippen molar-refractivity contribution in [3.63, 3.8) is 0 Å². The summed E-state index contributed by atoms with van der Waals surface area (Å²) in [6.45, 7) is 6.40. The zero-order valence-corrected chi connectivity index (χ0v) is 18.3. The topological polar surface area (TPSA) is 61.1 Å². The van der Waals surface area contributed by atoms with Gasteiger partial charge in [-0.2, -0.15) is 0 Å². The van der Waals surface area contributed by atoms with Gasteiger partial charge in [0.2, 0.25) is 0 Å². The molecule has 0 spiro atoms. The van der Waals surface area contributed by atoms with Crippen molar-refractivity contribution in [1.82, 2.24) is 29.7 Å². The van der Waals surface area contributed by atoms with Gasteiger partial charge in [0.1, 0.15) is 5.82 Å². The number of likely N-dealkylation sites (tertiary alicyclic amines) is 1. The van der Waals surface area contributed by atoms with E-state index in [1.807, 2.05) is 35.8 Å². The van der Waals surface area contributed by atoms with Crippen LogP contribution in [0.25, 0.3) is 5.65 Å². The van der Waals surface area contributed by atoms with Gasteiger partial charge in [-0.05, 0) is 38.1 Å². The molecule has 3 rings (SSSR count). The Bertz CT molecular complexity index is 714. The van der Waals surface area contributed by atoms with Crippen molar-refractivity contribution in [3.05, 3.63) is 30.2 Å². The highest BCUT2D eigenvalue weighted by molar-refractivity contribution is 14.0. The van der Waals surface area contributed by atoms with Crippen LogP contribution in [0.3, 0.4) is 0 Å². The van der Waals surface area contributed by atoms with Gasteiger partial charge in [-0.1, -0.05) is 13.0 Å². The van der Waals surface area contributed by atoms with E-state index in [0.717, 1.165) is 43.5 Å². The molecular weight excluding hydrogens is 441 g/mol. The average molecular weight is 471 g/mol. The molecule has 0 aliphatic carbocycles. The Morgan fingerprint density at radius 1 is 1.38 bits per heavy atom. The fourth-order valence-electron chi connectivity index (χ4n) is 3.65. The number of nitrogens with zero attached hydrogens (tertiary/aromatic N) is 6. The molecule has 1 unspecified atom stereocenters. The van der Waals surface area contributed by atoms with Gasteiger partial charge in [-0.25, -0.2) is 0 Å². The Morgan fingerprint density at radius 2 is 2.23 bits per heavy atom. The predicted octanol–water partition coefficient (Wildman–Crippen LogP) is 1.88. The first-order valence-electron chi connectivity index (χ1n) is 9.17. The molecular formula is C18H30IN7. The van der Waals surface area contributed by atoms with Crippen molar-refractivity contribution >= 4 is 35.6 Å². The molecule has 0 amide bonds. The summed E-state index contributed by atoms with van der Waals surface area (Å²) in [5.41, 5.74) is 0.889. The second kappa shape index (κ2) is 10.1. The van der Waals surface area contributed by atoms with E-state index in [-0.39, 0.29) is 24.0 Å². The first-order chi connectivity index (χ1) is 12.2. The van der Waals surface area contributed by atoms with Crippen LogP contribution in [-0.2, 0) is 6.42 Å². The lowest BCUT2D eigenvalue weighted by molar-refractivity contribution is 0.233. The average Bonchev–Trinajstić information content (AvgIpc) is 3.25. The lowest BCUT2D eigenvalue weighted by atomic mass is 10.2. The van der Waals surface area contributed by atoms with Crippen LogP contribution in [0.15, 0.2) is 29.4 Å². The number of hydrogen-bond donors (Lipinski definition) is 1. The zero-order chi connectivity index (χ0) is 17.6. The van der Waals surface area contributed by atoms with Gasteiger partial charge in [-0.3, -0.25) is 14.3 Å². The number of halogens is 1. The fraction of sp³-hybridized carbons (Fsp3) is 0.611. The maximum Gasteiger partial charge on any atom is 0.193 e. The summed E-state index contributed by atoms with van der Waals surface area (Å²) < 4.78 is 2.03. The maximum atomic E-state index is 4.43. The number of nitrogens with one attached hydrogen (secondary N) is 1. The highest BCUT2D eigenvalue weighted by atomic mass is 127. The second-order valence-electron chi connectivity index (χ2n) is 6.57. The maximum absolute atomic E-state index is 4.43. The molecule has 144 valence electrons. The monoisotopic (exact) mass is 471 g/mol. The lowest BCUT2D eigenvalue weighted by Crippen LogP contribution is -2.46. The Kier molecular flexibility index (Phi) is 8.08. The van der Waals surface area contributed by atoms with Crippen LogP contribution in [0.2, 0.25) is 0 Å². The van der Waals surface area contributed by atoms with Gasteiger partial charge in [0.05, 0.1) is 0 Å². The van der Waals surface area contributed by atoms with E-state index in [1.54, 1.807) is 0 Å². The molecule has 2 aromatic heterocycles. The largest absolute Gasteiger partial charge is 0.356 e. The molecule has 1 aliphatic rings. The van der Waals surface area contributed by atoms with Gasteiger partial charge in [0.15, 0.2) is 11.6 Å². The van der Waals surface area contributed by atoms with E-state index >= 15 is 0 Å². The quantitative estimate of drug-likeness (QED) is 0.396. The van der Waals surface area contributed by atoms with Crippen molar-refractivity contribution in [2.45, 2.75) is 32.2 Å². The van der Waals surface area contributed by atoms with Crippen molar-refractivity contribution in [2.24, 2.45) is 4.99 Å². The van der Waals surface area contributed by atoms with Crippen LogP contribution >= 0.6 is 24.0 Å². The normalized spacial score (nSPS) is 18.1. The number of likely N-dealkylation sites (N-methyl/N-ethyl adjacent to an activating group) is 2. The van der Waals surface area contributed by atoms with E-state index in [4.69, 9.17) is 0 Å². The third kappa shape index (κ3) is 4.85. The molecule has 1 aliphatic heterocycles. The summed E-state index contributed by atoms with van der Waals surface area (Å²) in [5, 5.41) is 11.9. The van der Waals surface area contributed by atoms with Crippen LogP contribution in [-0.4, -0.2) is 76.7 Å². The molecule has 7 nitrogen and oxygen atoms in total. The second-order valence-corrected chi connectivity index (χ2v) is 6.57. The minimum Gasteiger partial charge on any atom is -0.356 e. The van der Waals surface area contributed by atoms with Gasteiger partial charge in [0.25, 0.3) is 0 Å². The summed E-state index contributed by atoms with van der Waals surface area (Å²) in [6.07, 6.45) is 5.40. The Hall–Kier alpha value is -1.42. The van der Waals surface area contributed by atoms with Gasteiger partial charge in [0, 0.05) is 45.8 Å². The van der Waals surface area contributed by atoms with Crippen LogP contribution in [0.1, 0.15) is 25.6 Å². The molecule has 1 saturated heterocycles. The van der Waals surface area contributed by atoms with E-state index in [0.29, 0.717) is 6.04 Å². The van der Waals surface area contributed by atoms with E-state index < -0.39 is 0 Å². The number of rotatable bonds is 6. The summed E-state index contributed by atoms with van der Waals surface area (Å²) in [7, 11) is 3.96. The Balaban J connectivity index is 0.00000243. The minimum absolute atomic E-state index is 0. The molecule has 0 bridgehead atoms. The van der Waals surface area contributed by atoms with Crippen molar-refractivity contribution in [1.29, 1.82) is 0 Å². The SMILES string of the molecule is CCN1CCCC1CN(C)C(=NC)NCCc1nnc2ccccn12.I. The number of pyridine rings is 1. The highest BCUT2D eigenvalue weighted by Crippen LogP contribution is 2.17. The molecule has 1 N–H and O–H groups in total. The van der Waals surface area contributed by atoms with Crippen LogP contribution < -0.4 is 5.32 Å². The van der Waals surface area contributed by atoms with Crippen molar-refractivity contribution < 1.29 is 0 Å². The third-order valence-corrected chi connectivity index (χ3v) is 4.98. The van der Waals surface area contributed by atoms with Crippen molar-refractivity contribution in [3.8, 4) is 0 Å². The highest BCUT2D eigenvalue weighted by Gasteiger charge is 2.24. The zero-order valence-electron chi connectivity index (χ0n) is 15.9. The van der Waals surface area contributed by atoms with E-state index in [1.165, 1.54) is 19.4 Å². The number of aliphatic imine (C=N–C) groups is 1. The molecule has 0 radical (unpaired) electrons. The Morgan fingerprint density at radius 3 is 3.00 bits per heavy atom. The van der Waals surface area contributed by atoms with Crippen LogP contribution in [0, 0.1) is 0 Å². The molecule has 0 saturated carbocycles. The molecule has 0 aromatic carbocycles. The first kappa shape index (κ1) is 20.9. The predicted molar refractivity (Wildman–Crippen MR) is 116 cm³/mol. The molecule has 3 heterocycles. The summed E-state index contributed by atoms with van der Waals surface area (Å²) in [5.74, 6) is 1.91. The summed E-state index contributed by atoms with van der Waals surface area (Å²) in [6, 6.07) is 6.58. The number of aromatic nitrogens is 3. The molecule has 1 atom stereocenters. The van der Waals surface area contributed by atoms with Crippen molar-refractivity contribution in [2.75, 3.05) is 40.3 Å². The standard InChI is InChI=1S/C18H29N7.HI/c1-4-24-12-7-8-15(24)14-23(3)18(19-2)20-11-10-17-22-21-16-9-5-6-13-25(16)17;/h5-6,9,13,15H,4,7-8,10-12,14H2,1-3H3,(H,19,20);1H. The lowest BCUT2D eigenvalue weighted by Gasteiger charge is -2.29. The smallest absolute Gasteiger partial charge is 0.193 e. The van der Waals surface area contributed by atoms with Crippen LogP contribution in [0.4, 0.5) is 0 Å². The molecule has 26 heavy (non-hydrogen) atoms. The summed E-state index contributed by atoms with van der Waals surface area (Å²) >= 11 is 0. The third-order valence-electron chi connectivity index (χ3n) is 4.98. The molecule has 2 aromatic rings. The van der Waals surface area contributed by atoms with Gasteiger partial charge < -0.3 is 10.2 Å². The van der Waals surface area contributed by atoms with E-state index in [9.17, 15) is 0 Å². The molecule has 8 heteroatoms. The minimum atomic E-state index is 0. The van der Waals surface area contributed by atoms with Gasteiger partial charge in [-0.15, -0.1) is 34.2 Å². The van der Waals surface area contributed by atoms with Gasteiger partial charge >= 0.3 is 0 Å². The first-order valence-corrected chi connectivity index (χ1v) is 9.17.